The highest BCUT2D eigenvalue weighted by Crippen LogP contribution is 2.30. The van der Waals surface area contributed by atoms with Crippen molar-refractivity contribution in [2.45, 2.75) is 18.9 Å². The fourth-order valence-electron chi connectivity index (χ4n) is 3.89. The van der Waals surface area contributed by atoms with Gasteiger partial charge >= 0.3 is 0 Å². The van der Waals surface area contributed by atoms with Gasteiger partial charge in [0.25, 0.3) is 0 Å². The van der Waals surface area contributed by atoms with Crippen molar-refractivity contribution in [3.05, 3.63) is 66.1 Å². The number of likely N-dealkylation sites (N-methyl/N-ethyl adjacent to an activating group) is 1. The van der Waals surface area contributed by atoms with Crippen molar-refractivity contribution in [2.24, 2.45) is 16.5 Å². The van der Waals surface area contributed by atoms with Gasteiger partial charge in [0.05, 0.1) is 23.1 Å². The van der Waals surface area contributed by atoms with E-state index in [1.807, 2.05) is 37.2 Å². The molecule has 3 rings (SSSR count). The largest absolute Gasteiger partial charge is 0.398 e. The van der Waals surface area contributed by atoms with Gasteiger partial charge in [-0.3, -0.25) is 4.79 Å². The number of nitrogens with one attached hydrogen (secondary N) is 2. The van der Waals surface area contributed by atoms with Crippen molar-refractivity contribution < 1.29 is 4.79 Å². The van der Waals surface area contributed by atoms with Gasteiger partial charge in [-0.05, 0) is 62.8 Å². The summed E-state index contributed by atoms with van der Waals surface area (Å²) in [5.74, 6) is 0.840. The maximum absolute atomic E-state index is 11.8. The summed E-state index contributed by atoms with van der Waals surface area (Å²) < 4.78 is 0. The zero-order chi connectivity index (χ0) is 26.1. The first-order chi connectivity index (χ1) is 17.3. The van der Waals surface area contributed by atoms with Crippen LogP contribution in [0.3, 0.4) is 0 Å². The minimum atomic E-state index is -0.396. The molecule has 0 saturated carbocycles. The number of hydrogen-bond donors (Lipinski definition) is 4. The van der Waals surface area contributed by atoms with E-state index >= 15 is 0 Å². The molecule has 1 aliphatic heterocycles. The summed E-state index contributed by atoms with van der Waals surface area (Å²) >= 11 is 0. The molecule has 188 valence electrons. The van der Waals surface area contributed by atoms with E-state index in [1.54, 1.807) is 30.6 Å². The summed E-state index contributed by atoms with van der Waals surface area (Å²) in [5.41, 5.74) is 14.8. The molecule has 10 heteroatoms. The molecule has 10 nitrogen and oxygen atoms in total. The molecule has 1 amide bonds. The first kappa shape index (κ1) is 26.2. The van der Waals surface area contributed by atoms with Crippen molar-refractivity contribution in [3.63, 3.8) is 0 Å². The molecule has 0 bridgehead atoms. The van der Waals surface area contributed by atoms with E-state index in [4.69, 9.17) is 11.5 Å². The van der Waals surface area contributed by atoms with Gasteiger partial charge in [-0.2, -0.15) is 5.26 Å². The van der Waals surface area contributed by atoms with Crippen LogP contribution < -0.4 is 27.0 Å². The second-order valence-corrected chi connectivity index (χ2v) is 8.73. The first-order valence-corrected chi connectivity index (χ1v) is 11.7. The minimum absolute atomic E-state index is 0.381. The fourth-order valence-corrected chi connectivity index (χ4v) is 3.89. The Balaban J connectivity index is 1.60. The van der Waals surface area contributed by atoms with Crippen molar-refractivity contribution >= 4 is 35.0 Å². The standard InChI is InChI=1S/C26H33N9O/c1-18(33-21-7-9-25(32-17-21)31-12-14-34(2)3)30-11-10-22(28)19-6-8-23(20(15-19)16-27)35-13-4-5-24(35)26(29)36/h6-11,15,17,24,33H,1,4-5,12-14,28H2,2-3H3,(H2,29,36)(H,31,32)/b22-10-,30-11-/t24-/m1/s1. The Morgan fingerprint density at radius 2 is 2.17 bits per heavy atom. The Bertz CT molecular complexity index is 1180. The number of primary amides is 1. The molecule has 1 saturated heterocycles. The van der Waals surface area contributed by atoms with Crippen LogP contribution in [0.2, 0.25) is 0 Å². The highest BCUT2D eigenvalue weighted by Gasteiger charge is 2.30. The summed E-state index contributed by atoms with van der Waals surface area (Å²) in [6.07, 6.45) is 6.42. The lowest BCUT2D eigenvalue weighted by atomic mass is 10.1. The second kappa shape index (κ2) is 12.4. The van der Waals surface area contributed by atoms with Gasteiger partial charge < -0.3 is 31.9 Å². The molecule has 0 radical (unpaired) electrons. The summed E-state index contributed by atoms with van der Waals surface area (Å²) in [6.45, 7) is 6.31. The van der Waals surface area contributed by atoms with Gasteiger partial charge in [0.2, 0.25) is 5.91 Å². The molecule has 2 aromatic rings. The molecule has 6 N–H and O–H groups in total. The molecular weight excluding hydrogens is 454 g/mol. The van der Waals surface area contributed by atoms with Crippen LogP contribution in [0.15, 0.2) is 60.0 Å². The molecule has 2 heterocycles. The van der Waals surface area contributed by atoms with Gasteiger partial charge in [0.15, 0.2) is 0 Å². The number of hydrogen-bond acceptors (Lipinski definition) is 9. The molecule has 1 fully saturated rings. The number of carbonyl (C=O) groups is 1. The predicted molar refractivity (Wildman–Crippen MR) is 145 cm³/mol. The summed E-state index contributed by atoms with van der Waals surface area (Å²) in [5, 5.41) is 16.0. The number of allylic oxidation sites excluding steroid dienone is 1. The normalized spacial score (nSPS) is 15.8. The van der Waals surface area contributed by atoms with E-state index in [0.29, 0.717) is 41.3 Å². The molecule has 0 aliphatic carbocycles. The highest BCUT2D eigenvalue weighted by atomic mass is 16.1. The van der Waals surface area contributed by atoms with E-state index in [9.17, 15) is 10.1 Å². The third-order valence-corrected chi connectivity index (χ3v) is 5.74. The third kappa shape index (κ3) is 7.07. The number of nitriles is 1. The number of anilines is 3. The van der Waals surface area contributed by atoms with Gasteiger partial charge in [0, 0.05) is 31.5 Å². The zero-order valence-electron chi connectivity index (χ0n) is 20.7. The SMILES string of the molecule is C=C(/N=C\C=C(/N)c1ccc(N2CCC[C@@H]2C(N)=O)c(C#N)c1)Nc1ccc(NCCN(C)C)nc1. The fraction of sp³-hybridized carbons (Fsp3) is 0.308. The quantitative estimate of drug-likeness (QED) is 0.353. The van der Waals surface area contributed by atoms with Crippen LogP contribution in [-0.4, -0.2) is 61.8 Å². The second-order valence-electron chi connectivity index (χ2n) is 8.73. The Kier molecular flexibility index (Phi) is 9.02. The van der Waals surface area contributed by atoms with Crippen LogP contribution >= 0.6 is 0 Å². The lowest BCUT2D eigenvalue weighted by Crippen LogP contribution is -2.40. The Morgan fingerprint density at radius 3 is 2.83 bits per heavy atom. The molecule has 1 aliphatic rings. The minimum Gasteiger partial charge on any atom is -0.398 e. The Labute approximate surface area is 212 Å². The monoisotopic (exact) mass is 487 g/mol. The maximum atomic E-state index is 11.8. The lowest BCUT2D eigenvalue weighted by Gasteiger charge is -2.25. The maximum Gasteiger partial charge on any atom is 0.240 e. The molecule has 1 aromatic carbocycles. The van der Waals surface area contributed by atoms with E-state index in [0.717, 1.165) is 31.0 Å². The van der Waals surface area contributed by atoms with E-state index < -0.39 is 6.04 Å². The molecular formula is C26H33N9O. The number of amides is 1. The molecule has 0 unspecified atom stereocenters. The number of aromatic nitrogens is 1. The van der Waals surface area contributed by atoms with Crippen molar-refractivity contribution in [3.8, 4) is 6.07 Å². The van der Waals surface area contributed by atoms with E-state index in [2.05, 4.69) is 38.2 Å². The Morgan fingerprint density at radius 1 is 1.36 bits per heavy atom. The summed E-state index contributed by atoms with van der Waals surface area (Å²) in [6, 6.07) is 10.9. The number of pyridine rings is 1. The van der Waals surface area contributed by atoms with Crippen LogP contribution in [0.4, 0.5) is 17.2 Å². The number of nitrogens with zero attached hydrogens (tertiary/aromatic N) is 5. The van der Waals surface area contributed by atoms with Crippen molar-refractivity contribution in [2.75, 3.05) is 49.3 Å². The predicted octanol–water partition coefficient (Wildman–Crippen LogP) is 2.33. The van der Waals surface area contributed by atoms with Crippen molar-refractivity contribution in [1.29, 1.82) is 5.26 Å². The average molecular weight is 488 g/mol. The third-order valence-electron chi connectivity index (χ3n) is 5.74. The molecule has 1 aromatic heterocycles. The highest BCUT2D eigenvalue weighted by molar-refractivity contribution is 5.87. The molecule has 36 heavy (non-hydrogen) atoms. The van der Waals surface area contributed by atoms with Crippen LogP contribution in [0.25, 0.3) is 5.70 Å². The van der Waals surface area contributed by atoms with Crippen LogP contribution in [0.5, 0.6) is 0 Å². The van der Waals surface area contributed by atoms with Crippen LogP contribution in [-0.2, 0) is 4.79 Å². The van der Waals surface area contributed by atoms with Gasteiger partial charge in [-0.1, -0.05) is 12.6 Å². The Hall–Kier alpha value is -4.36. The number of benzene rings is 1. The number of carbonyl (C=O) groups excluding carboxylic acids is 1. The van der Waals surface area contributed by atoms with Crippen molar-refractivity contribution in [1.82, 2.24) is 9.88 Å². The van der Waals surface area contributed by atoms with Gasteiger partial charge in [-0.25, -0.2) is 9.98 Å². The average Bonchev–Trinajstić information content (AvgIpc) is 3.34. The first-order valence-electron chi connectivity index (χ1n) is 11.7. The number of nitrogens with two attached hydrogens (primary N) is 2. The van der Waals surface area contributed by atoms with Crippen LogP contribution in [0, 0.1) is 11.3 Å². The van der Waals surface area contributed by atoms with Crippen LogP contribution in [0.1, 0.15) is 24.0 Å². The topological polar surface area (TPSA) is 149 Å². The number of aliphatic imine (C=N–C) groups is 1. The van der Waals surface area contributed by atoms with E-state index in [1.165, 1.54) is 0 Å². The molecule has 1 atom stereocenters. The zero-order valence-corrected chi connectivity index (χ0v) is 20.7. The van der Waals surface area contributed by atoms with E-state index in [-0.39, 0.29) is 5.91 Å². The summed E-state index contributed by atoms with van der Waals surface area (Å²) in [4.78, 5) is 24.4. The lowest BCUT2D eigenvalue weighted by molar-refractivity contribution is -0.119. The van der Waals surface area contributed by atoms with Gasteiger partial charge in [0.1, 0.15) is 23.7 Å². The summed E-state index contributed by atoms with van der Waals surface area (Å²) in [7, 11) is 4.04. The smallest absolute Gasteiger partial charge is 0.240 e. The molecule has 0 spiro atoms. The van der Waals surface area contributed by atoms with Gasteiger partial charge in [-0.15, -0.1) is 0 Å². The number of rotatable bonds is 11.